The molecule has 1 aliphatic carbocycles. The molecule has 0 atom stereocenters. The Balaban J connectivity index is 0.000000385. The number of likely N-dealkylation sites (tertiary alicyclic amines) is 1. The van der Waals surface area contributed by atoms with Crippen molar-refractivity contribution in [1.29, 1.82) is 0 Å². The summed E-state index contributed by atoms with van der Waals surface area (Å²) in [5.41, 5.74) is -1.39. The standard InChI is InChI=1S/C17H8F10O4S2.C11H24N/c18-14(19,20)16(24,25)32(28,29)12-6-5-10-9-4-2-1-3-8(9)7-11(10)13(12)33(30,31)17(26,27)15(21,22)23;1-3-5-6-9-12(4-2)10-7-8-11-12/h1-6H,7H2;3-11H2,1-2H3/q;+1. The van der Waals surface area contributed by atoms with Crippen LogP contribution in [0.15, 0.2) is 46.2 Å². The maximum Gasteiger partial charge on any atom is 0.469 e. The summed E-state index contributed by atoms with van der Waals surface area (Å²) in [7, 11) is -14.4. The molecule has 45 heavy (non-hydrogen) atoms. The van der Waals surface area contributed by atoms with Crippen LogP contribution >= 0.6 is 0 Å². The van der Waals surface area contributed by atoms with Crippen LogP contribution in [0.4, 0.5) is 43.9 Å². The normalized spacial score (nSPS) is 17.0. The predicted octanol–water partition coefficient (Wildman–Crippen LogP) is 7.92. The Morgan fingerprint density at radius 2 is 1.22 bits per heavy atom. The summed E-state index contributed by atoms with van der Waals surface area (Å²) < 4.78 is 183. The molecule has 0 spiro atoms. The first-order valence-corrected chi connectivity index (χ1v) is 17.0. The molecule has 0 N–H and O–H groups in total. The Bertz CT molecular complexity index is 1600. The van der Waals surface area contributed by atoms with Crippen molar-refractivity contribution in [2.45, 2.75) is 85.0 Å². The van der Waals surface area contributed by atoms with Gasteiger partial charge in [0.15, 0.2) is 0 Å². The lowest BCUT2D eigenvalue weighted by Gasteiger charge is -2.33. The molecule has 4 rings (SSSR count). The Kier molecular flexibility index (Phi) is 10.4. The number of nitrogens with zero attached hydrogens (tertiary/aromatic N) is 1. The smallest absolute Gasteiger partial charge is 0.324 e. The minimum atomic E-state index is -7.20. The van der Waals surface area contributed by atoms with Gasteiger partial charge >= 0.3 is 22.9 Å². The molecule has 1 heterocycles. The Morgan fingerprint density at radius 1 is 0.689 bits per heavy atom. The molecule has 0 unspecified atom stereocenters. The SMILES string of the molecule is CCCCC[N+]1(CC)CCCC1.O=S(=O)(c1ccc2c(c1S(=O)(=O)C(F)(F)C(F)(F)F)Cc1ccccc1-2)C(F)(F)C(F)(F)F. The van der Waals surface area contributed by atoms with E-state index in [1.54, 1.807) is 0 Å². The molecule has 0 amide bonds. The highest BCUT2D eigenvalue weighted by atomic mass is 32.2. The quantitative estimate of drug-likeness (QED) is 0.129. The van der Waals surface area contributed by atoms with Gasteiger partial charge in [-0.25, -0.2) is 16.8 Å². The summed E-state index contributed by atoms with van der Waals surface area (Å²) >= 11 is 0. The van der Waals surface area contributed by atoms with E-state index in [1.165, 1.54) is 87.0 Å². The molecule has 5 nitrogen and oxygen atoms in total. The highest BCUT2D eigenvalue weighted by molar-refractivity contribution is 7.95. The molecule has 0 bridgehead atoms. The molecule has 0 saturated carbocycles. The number of sulfone groups is 2. The lowest BCUT2D eigenvalue weighted by Crippen LogP contribution is -2.47. The van der Waals surface area contributed by atoms with Gasteiger partial charge in [0.05, 0.1) is 36.0 Å². The Labute approximate surface area is 254 Å². The summed E-state index contributed by atoms with van der Waals surface area (Å²) in [6, 6.07) is 5.54. The van der Waals surface area contributed by atoms with E-state index in [-0.39, 0.29) is 17.2 Å². The molecule has 0 radical (unpaired) electrons. The topological polar surface area (TPSA) is 68.3 Å². The number of rotatable bonds is 9. The van der Waals surface area contributed by atoms with Gasteiger partial charge in [0, 0.05) is 19.3 Å². The van der Waals surface area contributed by atoms with Crippen LogP contribution in [0, 0.1) is 0 Å². The lowest BCUT2D eigenvalue weighted by atomic mass is 10.1. The van der Waals surface area contributed by atoms with Gasteiger partial charge in [-0.05, 0) is 48.1 Å². The van der Waals surface area contributed by atoms with Gasteiger partial charge in [-0.15, -0.1) is 0 Å². The van der Waals surface area contributed by atoms with Crippen molar-refractivity contribution >= 4 is 19.7 Å². The highest BCUT2D eigenvalue weighted by Crippen LogP contribution is 2.52. The first-order chi connectivity index (χ1) is 20.5. The van der Waals surface area contributed by atoms with Crippen LogP contribution in [0.1, 0.15) is 57.1 Å². The number of hydrogen-bond acceptors (Lipinski definition) is 4. The van der Waals surface area contributed by atoms with Gasteiger partial charge in [-0.3, -0.25) is 0 Å². The molecular formula is C28H32F10NO4S2+. The second-order valence-electron chi connectivity index (χ2n) is 11.0. The Morgan fingerprint density at radius 3 is 1.73 bits per heavy atom. The van der Waals surface area contributed by atoms with E-state index < -0.39 is 69.9 Å². The summed E-state index contributed by atoms with van der Waals surface area (Å²) in [5.74, 6) is 0. The molecule has 254 valence electrons. The van der Waals surface area contributed by atoms with E-state index in [4.69, 9.17) is 0 Å². The maximum atomic E-state index is 14.0. The van der Waals surface area contributed by atoms with Crippen LogP contribution in [0.25, 0.3) is 11.1 Å². The third kappa shape index (κ3) is 6.58. The molecule has 2 aromatic carbocycles. The minimum absolute atomic E-state index is 0.0332. The van der Waals surface area contributed by atoms with Crippen molar-refractivity contribution in [3.63, 3.8) is 0 Å². The fourth-order valence-corrected chi connectivity index (χ4v) is 8.89. The Hall–Kier alpha value is -2.40. The number of unbranched alkanes of at least 4 members (excludes halogenated alkanes) is 2. The summed E-state index contributed by atoms with van der Waals surface area (Å²) in [4.78, 5) is -5.00. The second kappa shape index (κ2) is 12.7. The number of benzene rings is 2. The van der Waals surface area contributed by atoms with Crippen molar-refractivity contribution < 1.29 is 65.2 Å². The van der Waals surface area contributed by atoms with Gasteiger partial charge in [-0.1, -0.05) is 43.7 Å². The highest BCUT2D eigenvalue weighted by Gasteiger charge is 2.71. The van der Waals surface area contributed by atoms with Crippen LogP contribution < -0.4 is 0 Å². The van der Waals surface area contributed by atoms with Crippen molar-refractivity contribution in [2.24, 2.45) is 0 Å². The van der Waals surface area contributed by atoms with E-state index in [0.29, 0.717) is 6.07 Å². The van der Waals surface area contributed by atoms with E-state index in [1.807, 2.05) is 0 Å². The fourth-order valence-electron chi connectivity index (χ4n) is 5.64. The fraction of sp³-hybridized carbons (Fsp3) is 0.571. The van der Waals surface area contributed by atoms with E-state index in [0.717, 1.165) is 0 Å². The largest absolute Gasteiger partial charge is 0.469 e. The van der Waals surface area contributed by atoms with Crippen LogP contribution in [0.3, 0.4) is 0 Å². The first-order valence-electron chi connectivity index (χ1n) is 14.0. The van der Waals surface area contributed by atoms with Crippen LogP contribution in [-0.2, 0) is 26.1 Å². The van der Waals surface area contributed by atoms with Gasteiger partial charge in [-0.2, -0.15) is 43.9 Å². The molecule has 2 aromatic rings. The summed E-state index contributed by atoms with van der Waals surface area (Å²) in [6.07, 6.45) is -7.34. The van der Waals surface area contributed by atoms with E-state index in [9.17, 15) is 60.7 Å². The second-order valence-corrected chi connectivity index (χ2v) is 14.9. The first kappa shape index (κ1) is 37.1. The van der Waals surface area contributed by atoms with Crippen molar-refractivity contribution in [2.75, 3.05) is 26.2 Å². The molecule has 1 fully saturated rings. The number of halogens is 10. The average Bonchev–Trinajstić information content (AvgIpc) is 3.56. The summed E-state index contributed by atoms with van der Waals surface area (Å²) in [5, 5.41) is -13.4. The maximum absolute atomic E-state index is 14.0. The van der Waals surface area contributed by atoms with Crippen LogP contribution in [0.2, 0.25) is 0 Å². The van der Waals surface area contributed by atoms with Crippen LogP contribution in [-0.4, -0.2) is 70.4 Å². The number of hydrogen-bond donors (Lipinski definition) is 0. The zero-order valence-corrected chi connectivity index (χ0v) is 25.8. The third-order valence-corrected chi connectivity index (χ3v) is 12.1. The monoisotopic (exact) mass is 700 g/mol. The predicted molar refractivity (Wildman–Crippen MR) is 145 cm³/mol. The number of quaternary nitrogens is 1. The van der Waals surface area contributed by atoms with Crippen molar-refractivity contribution in [3.8, 4) is 11.1 Å². The molecule has 17 heteroatoms. The van der Waals surface area contributed by atoms with Crippen LogP contribution in [0.5, 0.6) is 0 Å². The van der Waals surface area contributed by atoms with Gasteiger partial charge in [0.2, 0.25) is 0 Å². The molecule has 0 aromatic heterocycles. The van der Waals surface area contributed by atoms with Gasteiger partial charge in [0.1, 0.15) is 0 Å². The van der Waals surface area contributed by atoms with E-state index >= 15 is 0 Å². The third-order valence-electron chi connectivity index (χ3n) is 8.21. The van der Waals surface area contributed by atoms with E-state index in [2.05, 4.69) is 13.8 Å². The average molecular weight is 701 g/mol. The molecule has 1 aliphatic heterocycles. The van der Waals surface area contributed by atoms with Crippen molar-refractivity contribution in [3.05, 3.63) is 47.5 Å². The molecule has 2 aliphatic rings. The number of alkyl halides is 10. The zero-order valence-electron chi connectivity index (χ0n) is 24.2. The van der Waals surface area contributed by atoms with Gasteiger partial charge < -0.3 is 4.48 Å². The zero-order chi connectivity index (χ0) is 34.3. The van der Waals surface area contributed by atoms with Gasteiger partial charge in [0.25, 0.3) is 19.7 Å². The molecule has 1 saturated heterocycles. The number of fused-ring (bicyclic) bond motifs is 3. The molecular weight excluding hydrogens is 668 g/mol. The summed E-state index contributed by atoms with van der Waals surface area (Å²) in [6.45, 7) is 10.4. The minimum Gasteiger partial charge on any atom is -0.324 e. The lowest BCUT2D eigenvalue weighted by molar-refractivity contribution is -0.915. The van der Waals surface area contributed by atoms with Crippen molar-refractivity contribution in [1.82, 2.24) is 0 Å².